The van der Waals surface area contributed by atoms with Gasteiger partial charge in [-0.15, -0.1) is 0 Å². The van der Waals surface area contributed by atoms with Crippen LogP contribution in [0.2, 0.25) is 0 Å². The molecule has 110 valence electrons. The van der Waals surface area contributed by atoms with Crippen molar-refractivity contribution in [1.29, 1.82) is 0 Å². The standard InChI is InChI=1S/C13H24N2O3S/c1-13(2,15-19(17,18)11-7-8-11)12(16)14-9-10-5-3-4-6-10/h10-11,15H,3-9H2,1-2H3,(H,14,16). The fourth-order valence-electron chi connectivity index (χ4n) is 2.54. The molecule has 5 nitrogen and oxygen atoms in total. The van der Waals surface area contributed by atoms with Gasteiger partial charge < -0.3 is 5.32 Å². The van der Waals surface area contributed by atoms with E-state index < -0.39 is 15.6 Å². The first-order chi connectivity index (χ1) is 8.81. The second-order valence-electron chi connectivity index (χ2n) is 6.33. The second kappa shape index (κ2) is 5.40. The zero-order valence-electron chi connectivity index (χ0n) is 11.7. The van der Waals surface area contributed by atoms with Gasteiger partial charge in [0, 0.05) is 6.54 Å². The summed E-state index contributed by atoms with van der Waals surface area (Å²) in [6, 6.07) is 0. The van der Waals surface area contributed by atoms with Crippen LogP contribution in [0.25, 0.3) is 0 Å². The van der Waals surface area contributed by atoms with E-state index in [9.17, 15) is 13.2 Å². The molecular weight excluding hydrogens is 264 g/mol. The van der Waals surface area contributed by atoms with Gasteiger partial charge >= 0.3 is 0 Å². The predicted octanol–water partition coefficient (Wildman–Crippen LogP) is 1.15. The molecule has 0 aromatic heterocycles. The number of hydrogen-bond donors (Lipinski definition) is 2. The van der Waals surface area contributed by atoms with Crippen molar-refractivity contribution in [3.8, 4) is 0 Å². The Morgan fingerprint density at radius 1 is 1.16 bits per heavy atom. The maximum Gasteiger partial charge on any atom is 0.240 e. The molecule has 2 fully saturated rings. The molecule has 0 saturated heterocycles. The molecule has 2 aliphatic rings. The first-order valence-electron chi connectivity index (χ1n) is 7.12. The van der Waals surface area contributed by atoms with Gasteiger partial charge in [-0.2, -0.15) is 4.72 Å². The molecule has 0 atom stereocenters. The van der Waals surface area contributed by atoms with Gasteiger partial charge in [-0.25, -0.2) is 8.42 Å². The molecule has 6 heteroatoms. The fourth-order valence-corrected chi connectivity index (χ4v) is 4.26. The Hall–Kier alpha value is -0.620. The largest absolute Gasteiger partial charge is 0.354 e. The minimum Gasteiger partial charge on any atom is -0.354 e. The first kappa shape index (κ1) is 14.8. The Balaban J connectivity index is 1.85. The highest BCUT2D eigenvalue weighted by Gasteiger charge is 2.41. The minimum absolute atomic E-state index is 0.233. The molecule has 2 rings (SSSR count). The van der Waals surface area contributed by atoms with Crippen molar-refractivity contribution in [1.82, 2.24) is 10.0 Å². The number of rotatable bonds is 6. The van der Waals surface area contributed by atoms with Crippen molar-refractivity contribution in [2.45, 2.75) is 63.2 Å². The summed E-state index contributed by atoms with van der Waals surface area (Å²) in [5, 5.41) is 2.58. The SMILES string of the molecule is CC(C)(NS(=O)(=O)C1CC1)C(=O)NCC1CCCC1. The average Bonchev–Trinajstić information content (AvgIpc) is 3.04. The lowest BCUT2D eigenvalue weighted by Crippen LogP contribution is -2.55. The van der Waals surface area contributed by atoms with E-state index in [1.165, 1.54) is 12.8 Å². The lowest BCUT2D eigenvalue weighted by atomic mass is 10.0. The molecule has 0 radical (unpaired) electrons. The van der Waals surface area contributed by atoms with E-state index in [-0.39, 0.29) is 11.2 Å². The van der Waals surface area contributed by atoms with E-state index in [4.69, 9.17) is 0 Å². The molecule has 0 spiro atoms. The van der Waals surface area contributed by atoms with Crippen LogP contribution in [0.15, 0.2) is 0 Å². The first-order valence-corrected chi connectivity index (χ1v) is 8.67. The van der Waals surface area contributed by atoms with Crippen molar-refractivity contribution in [2.24, 2.45) is 5.92 Å². The Labute approximate surface area is 115 Å². The van der Waals surface area contributed by atoms with E-state index in [1.54, 1.807) is 13.8 Å². The molecule has 2 saturated carbocycles. The summed E-state index contributed by atoms with van der Waals surface area (Å²) in [7, 11) is -3.34. The lowest BCUT2D eigenvalue weighted by Gasteiger charge is -2.25. The number of sulfonamides is 1. The van der Waals surface area contributed by atoms with Crippen molar-refractivity contribution in [3.05, 3.63) is 0 Å². The maximum atomic E-state index is 12.1. The zero-order chi connectivity index (χ0) is 14.1. The molecule has 0 bridgehead atoms. The molecular formula is C13H24N2O3S. The Morgan fingerprint density at radius 2 is 1.74 bits per heavy atom. The van der Waals surface area contributed by atoms with Gasteiger partial charge in [-0.3, -0.25) is 4.79 Å². The van der Waals surface area contributed by atoms with Crippen LogP contribution in [-0.4, -0.2) is 31.7 Å². The van der Waals surface area contributed by atoms with Gasteiger partial charge in [-0.05, 0) is 45.4 Å². The van der Waals surface area contributed by atoms with Gasteiger partial charge in [0.1, 0.15) is 5.54 Å². The molecule has 1 amide bonds. The van der Waals surface area contributed by atoms with Gasteiger partial charge in [0.15, 0.2) is 0 Å². The average molecular weight is 288 g/mol. The van der Waals surface area contributed by atoms with Crippen LogP contribution in [0.5, 0.6) is 0 Å². The quantitative estimate of drug-likeness (QED) is 0.770. The Kier molecular flexibility index (Phi) is 4.20. The van der Waals surface area contributed by atoms with Crippen molar-refractivity contribution in [2.75, 3.05) is 6.54 Å². The summed E-state index contributed by atoms with van der Waals surface area (Å²) < 4.78 is 26.3. The number of hydrogen-bond acceptors (Lipinski definition) is 3. The summed E-state index contributed by atoms with van der Waals surface area (Å²) in [4.78, 5) is 12.1. The second-order valence-corrected chi connectivity index (χ2v) is 8.29. The third-order valence-electron chi connectivity index (χ3n) is 3.95. The number of amides is 1. The van der Waals surface area contributed by atoms with E-state index in [2.05, 4.69) is 10.0 Å². The third-order valence-corrected chi connectivity index (χ3v) is 6.10. The molecule has 0 unspecified atom stereocenters. The summed E-state index contributed by atoms with van der Waals surface area (Å²) in [6.07, 6.45) is 6.20. The van der Waals surface area contributed by atoms with Crippen LogP contribution in [0.3, 0.4) is 0 Å². The van der Waals surface area contributed by atoms with Crippen molar-refractivity contribution in [3.63, 3.8) is 0 Å². The van der Waals surface area contributed by atoms with Crippen LogP contribution in [0, 0.1) is 5.92 Å². The van der Waals surface area contributed by atoms with Crippen LogP contribution in [0.1, 0.15) is 52.4 Å². The normalized spacial score (nSPS) is 21.6. The molecule has 0 aromatic carbocycles. The smallest absolute Gasteiger partial charge is 0.240 e. The molecule has 0 aromatic rings. The monoisotopic (exact) mass is 288 g/mol. The van der Waals surface area contributed by atoms with E-state index >= 15 is 0 Å². The van der Waals surface area contributed by atoms with Gasteiger partial charge in [0.05, 0.1) is 5.25 Å². The molecule has 2 aliphatic carbocycles. The maximum absolute atomic E-state index is 12.1. The lowest BCUT2D eigenvalue weighted by molar-refractivity contribution is -0.125. The fraction of sp³-hybridized carbons (Fsp3) is 0.923. The Bertz CT molecular complexity index is 435. The molecule has 0 aliphatic heterocycles. The number of carbonyl (C=O) groups excluding carboxylic acids is 1. The van der Waals surface area contributed by atoms with Crippen molar-refractivity contribution >= 4 is 15.9 Å². The highest BCUT2D eigenvalue weighted by molar-refractivity contribution is 7.90. The van der Waals surface area contributed by atoms with Crippen LogP contribution >= 0.6 is 0 Å². The van der Waals surface area contributed by atoms with Crippen LogP contribution in [0.4, 0.5) is 0 Å². The summed E-state index contributed by atoms with van der Waals surface area (Å²) in [6.45, 7) is 3.90. The third kappa shape index (κ3) is 3.92. The highest BCUT2D eigenvalue weighted by atomic mass is 32.2. The zero-order valence-corrected chi connectivity index (χ0v) is 12.6. The molecule has 19 heavy (non-hydrogen) atoms. The Morgan fingerprint density at radius 3 is 2.26 bits per heavy atom. The summed E-state index contributed by atoms with van der Waals surface area (Å²) in [5.41, 5.74) is -1.07. The number of nitrogens with one attached hydrogen (secondary N) is 2. The summed E-state index contributed by atoms with van der Waals surface area (Å²) in [5.74, 6) is 0.323. The highest BCUT2D eigenvalue weighted by Crippen LogP contribution is 2.28. The predicted molar refractivity (Wildman–Crippen MR) is 74.1 cm³/mol. The van der Waals surface area contributed by atoms with E-state index in [0.717, 1.165) is 12.8 Å². The van der Waals surface area contributed by atoms with E-state index in [1.807, 2.05) is 0 Å². The van der Waals surface area contributed by atoms with Crippen LogP contribution in [-0.2, 0) is 14.8 Å². The van der Waals surface area contributed by atoms with Gasteiger partial charge in [0.25, 0.3) is 0 Å². The number of carbonyl (C=O) groups is 1. The topological polar surface area (TPSA) is 75.3 Å². The van der Waals surface area contributed by atoms with Gasteiger partial charge in [-0.1, -0.05) is 12.8 Å². The van der Waals surface area contributed by atoms with E-state index in [0.29, 0.717) is 25.3 Å². The van der Waals surface area contributed by atoms with Crippen molar-refractivity contribution < 1.29 is 13.2 Å². The minimum atomic E-state index is -3.34. The molecule has 0 heterocycles. The summed E-state index contributed by atoms with van der Waals surface area (Å²) >= 11 is 0. The van der Waals surface area contributed by atoms with Crippen LogP contribution < -0.4 is 10.0 Å². The molecule has 2 N–H and O–H groups in total. The van der Waals surface area contributed by atoms with Gasteiger partial charge in [0.2, 0.25) is 15.9 Å².